The lowest BCUT2D eigenvalue weighted by atomic mass is 10.1. The largest absolute Gasteiger partial charge is 0.361 e. The standard InChI is InChI=1S/C18H19FN4O3/c1-12-9-15(21-26-12)11-22(2)18(25)16-7-8-17(24)23(20-16)10-13-3-5-14(19)6-4-13/h3-6,9H,7-8,10-11H2,1-2H3. The van der Waals surface area contributed by atoms with Crippen molar-refractivity contribution in [1.82, 2.24) is 15.1 Å². The predicted molar refractivity (Wildman–Crippen MR) is 91.3 cm³/mol. The molecule has 7 nitrogen and oxygen atoms in total. The van der Waals surface area contributed by atoms with Crippen molar-refractivity contribution in [2.45, 2.75) is 32.9 Å². The average Bonchev–Trinajstić information content (AvgIpc) is 3.03. The van der Waals surface area contributed by atoms with E-state index in [-0.39, 0.29) is 30.6 Å². The van der Waals surface area contributed by atoms with Crippen LogP contribution in [0.2, 0.25) is 0 Å². The fraction of sp³-hybridized carbons (Fsp3) is 0.333. The molecule has 26 heavy (non-hydrogen) atoms. The Morgan fingerprint density at radius 1 is 1.31 bits per heavy atom. The minimum atomic E-state index is -0.345. The number of halogens is 1. The van der Waals surface area contributed by atoms with E-state index in [9.17, 15) is 14.0 Å². The first-order chi connectivity index (χ1) is 12.4. The normalized spacial score (nSPS) is 14.3. The average molecular weight is 358 g/mol. The van der Waals surface area contributed by atoms with Crippen molar-refractivity contribution in [3.8, 4) is 0 Å². The van der Waals surface area contributed by atoms with Crippen LogP contribution in [0.1, 0.15) is 29.9 Å². The summed E-state index contributed by atoms with van der Waals surface area (Å²) < 4.78 is 18.0. The Hall–Kier alpha value is -3.03. The zero-order chi connectivity index (χ0) is 18.7. The van der Waals surface area contributed by atoms with Gasteiger partial charge < -0.3 is 9.42 Å². The minimum Gasteiger partial charge on any atom is -0.361 e. The maximum Gasteiger partial charge on any atom is 0.270 e. The fourth-order valence-corrected chi connectivity index (χ4v) is 2.67. The summed E-state index contributed by atoms with van der Waals surface area (Å²) >= 11 is 0. The highest BCUT2D eigenvalue weighted by molar-refractivity contribution is 6.39. The van der Waals surface area contributed by atoms with Gasteiger partial charge in [-0.05, 0) is 24.6 Å². The molecule has 2 aromatic rings. The molecule has 1 aliphatic rings. The van der Waals surface area contributed by atoms with E-state index in [1.807, 2.05) is 0 Å². The molecule has 0 spiro atoms. The zero-order valence-corrected chi connectivity index (χ0v) is 14.6. The molecule has 0 atom stereocenters. The van der Waals surface area contributed by atoms with Crippen LogP contribution in [0.4, 0.5) is 4.39 Å². The van der Waals surface area contributed by atoms with Crippen LogP contribution >= 0.6 is 0 Å². The van der Waals surface area contributed by atoms with E-state index >= 15 is 0 Å². The van der Waals surface area contributed by atoms with Gasteiger partial charge in [-0.15, -0.1) is 0 Å². The number of rotatable bonds is 5. The van der Waals surface area contributed by atoms with Gasteiger partial charge in [0.1, 0.15) is 23.0 Å². The van der Waals surface area contributed by atoms with E-state index in [0.717, 1.165) is 5.56 Å². The lowest BCUT2D eigenvalue weighted by Crippen LogP contribution is -2.39. The quantitative estimate of drug-likeness (QED) is 0.821. The third kappa shape index (κ3) is 4.14. The maximum atomic E-state index is 13.0. The van der Waals surface area contributed by atoms with Gasteiger partial charge in [0, 0.05) is 26.0 Å². The van der Waals surface area contributed by atoms with Crippen LogP contribution in [0.5, 0.6) is 0 Å². The second-order valence-electron chi connectivity index (χ2n) is 6.21. The first-order valence-corrected chi connectivity index (χ1v) is 8.22. The van der Waals surface area contributed by atoms with Gasteiger partial charge in [-0.3, -0.25) is 9.59 Å². The van der Waals surface area contributed by atoms with Crippen LogP contribution in [0.25, 0.3) is 0 Å². The van der Waals surface area contributed by atoms with E-state index in [1.54, 1.807) is 32.2 Å². The Bertz CT molecular complexity index is 844. The highest BCUT2D eigenvalue weighted by Crippen LogP contribution is 2.16. The molecule has 0 saturated carbocycles. The summed E-state index contributed by atoms with van der Waals surface area (Å²) in [5.74, 6) is -0.0994. The van der Waals surface area contributed by atoms with Crippen LogP contribution in [0, 0.1) is 12.7 Å². The Labute approximate surface area is 150 Å². The number of benzene rings is 1. The van der Waals surface area contributed by atoms with E-state index in [0.29, 0.717) is 30.1 Å². The lowest BCUT2D eigenvalue weighted by Gasteiger charge is -2.25. The highest BCUT2D eigenvalue weighted by atomic mass is 19.1. The molecule has 0 saturated heterocycles. The van der Waals surface area contributed by atoms with Crippen molar-refractivity contribution in [3.63, 3.8) is 0 Å². The molecule has 0 radical (unpaired) electrons. The van der Waals surface area contributed by atoms with Gasteiger partial charge in [-0.2, -0.15) is 5.10 Å². The second-order valence-corrected chi connectivity index (χ2v) is 6.21. The number of hydrazone groups is 1. The van der Waals surface area contributed by atoms with Crippen LogP contribution in [-0.4, -0.2) is 39.6 Å². The monoisotopic (exact) mass is 358 g/mol. The summed E-state index contributed by atoms with van der Waals surface area (Å²) in [5, 5.41) is 9.35. The van der Waals surface area contributed by atoms with Crippen molar-refractivity contribution in [2.24, 2.45) is 5.10 Å². The number of amides is 2. The van der Waals surface area contributed by atoms with E-state index < -0.39 is 0 Å². The van der Waals surface area contributed by atoms with Crippen LogP contribution in [0.3, 0.4) is 0 Å². The maximum absolute atomic E-state index is 13.0. The third-order valence-electron chi connectivity index (χ3n) is 4.02. The number of carbonyl (C=O) groups is 2. The molecule has 2 heterocycles. The molecule has 3 rings (SSSR count). The van der Waals surface area contributed by atoms with Gasteiger partial charge in [0.2, 0.25) is 5.91 Å². The summed E-state index contributed by atoms with van der Waals surface area (Å²) in [6.07, 6.45) is 0.502. The van der Waals surface area contributed by atoms with Gasteiger partial charge in [-0.1, -0.05) is 17.3 Å². The van der Waals surface area contributed by atoms with Gasteiger partial charge >= 0.3 is 0 Å². The van der Waals surface area contributed by atoms with Gasteiger partial charge in [0.15, 0.2) is 0 Å². The second kappa shape index (κ2) is 7.47. The van der Waals surface area contributed by atoms with Crippen molar-refractivity contribution in [2.75, 3.05) is 7.05 Å². The lowest BCUT2D eigenvalue weighted by molar-refractivity contribution is -0.132. The van der Waals surface area contributed by atoms with Crippen LogP contribution in [-0.2, 0) is 22.7 Å². The summed E-state index contributed by atoms with van der Waals surface area (Å²) in [7, 11) is 1.65. The summed E-state index contributed by atoms with van der Waals surface area (Å²) in [4.78, 5) is 26.2. The summed E-state index contributed by atoms with van der Waals surface area (Å²) in [6.45, 7) is 2.27. The Balaban J connectivity index is 1.70. The molecule has 0 unspecified atom stereocenters. The topological polar surface area (TPSA) is 79.0 Å². The number of aryl methyl sites for hydroxylation is 1. The molecule has 2 amide bonds. The summed E-state index contributed by atoms with van der Waals surface area (Å²) in [6, 6.07) is 7.60. The number of aromatic nitrogens is 1. The van der Waals surface area contributed by atoms with Gasteiger partial charge in [0.05, 0.1) is 13.1 Å². The molecule has 1 aromatic carbocycles. The first-order valence-electron chi connectivity index (χ1n) is 8.22. The van der Waals surface area contributed by atoms with Crippen molar-refractivity contribution >= 4 is 17.5 Å². The molecule has 0 fully saturated rings. The molecule has 0 bridgehead atoms. The van der Waals surface area contributed by atoms with Crippen LogP contribution < -0.4 is 0 Å². The molecule has 0 N–H and O–H groups in total. The molecule has 136 valence electrons. The fourth-order valence-electron chi connectivity index (χ4n) is 2.67. The number of carbonyl (C=O) groups excluding carboxylic acids is 2. The predicted octanol–water partition coefficient (Wildman–Crippen LogP) is 2.26. The molecule has 8 heteroatoms. The molecular weight excluding hydrogens is 339 g/mol. The Kier molecular flexibility index (Phi) is 5.11. The smallest absolute Gasteiger partial charge is 0.270 e. The molecular formula is C18H19FN4O3. The van der Waals surface area contributed by atoms with E-state index in [4.69, 9.17) is 4.52 Å². The SMILES string of the molecule is Cc1cc(CN(C)C(=O)C2=NN(Cc3ccc(F)cc3)C(=O)CC2)no1. The molecule has 1 aliphatic heterocycles. The van der Waals surface area contributed by atoms with Gasteiger partial charge in [0.25, 0.3) is 5.91 Å². The number of hydrogen-bond acceptors (Lipinski definition) is 5. The number of nitrogens with zero attached hydrogens (tertiary/aromatic N) is 4. The zero-order valence-electron chi connectivity index (χ0n) is 14.6. The molecule has 0 aliphatic carbocycles. The Morgan fingerprint density at radius 2 is 2.04 bits per heavy atom. The van der Waals surface area contributed by atoms with E-state index in [1.165, 1.54) is 22.0 Å². The van der Waals surface area contributed by atoms with Gasteiger partial charge in [-0.25, -0.2) is 9.40 Å². The minimum absolute atomic E-state index is 0.166. The van der Waals surface area contributed by atoms with Crippen molar-refractivity contribution in [3.05, 3.63) is 53.2 Å². The van der Waals surface area contributed by atoms with Crippen LogP contribution in [0.15, 0.2) is 40.0 Å². The molecule has 1 aromatic heterocycles. The van der Waals surface area contributed by atoms with Crippen molar-refractivity contribution < 1.29 is 18.5 Å². The van der Waals surface area contributed by atoms with E-state index in [2.05, 4.69) is 10.3 Å². The third-order valence-corrected chi connectivity index (χ3v) is 4.02. The summed E-state index contributed by atoms with van der Waals surface area (Å²) in [5.41, 5.74) is 1.70. The highest BCUT2D eigenvalue weighted by Gasteiger charge is 2.26. The number of hydrogen-bond donors (Lipinski definition) is 0. The van der Waals surface area contributed by atoms with Crippen molar-refractivity contribution in [1.29, 1.82) is 0 Å². The Morgan fingerprint density at radius 3 is 2.69 bits per heavy atom. The first kappa shape index (κ1) is 17.8.